The van der Waals surface area contributed by atoms with Gasteiger partial charge in [0, 0.05) is 55.1 Å². The summed E-state index contributed by atoms with van der Waals surface area (Å²) in [7, 11) is 0. The molecular weight excluding hydrogens is 471 g/mol. The van der Waals surface area contributed by atoms with E-state index in [9.17, 15) is 14.0 Å². The van der Waals surface area contributed by atoms with E-state index in [1.807, 2.05) is 41.3 Å². The van der Waals surface area contributed by atoms with Gasteiger partial charge in [0.15, 0.2) is 0 Å². The zero-order valence-corrected chi connectivity index (χ0v) is 20.5. The average molecular weight is 501 g/mol. The molecule has 8 heteroatoms. The SMILES string of the molecule is Nc1nc(F)c(-c2ccc(OC3CCN(C(=O)C4CC4)CC3)cc2)cc1-c1ccc2c(c1)CCNC2=O. The average Bonchev–Trinajstić information content (AvgIpc) is 3.75. The standard InChI is InChI=1S/C29H29FN4O3/c30-26-24(16-25(27(31)33-26)19-5-8-23-20(15-19)9-12-32-28(23)35)17-3-6-21(7-4-17)37-22-10-13-34(14-11-22)29(36)18-1-2-18/h3-8,15-16,18,22H,1-2,9-14H2,(H2,31,33)(H,32,35). The number of fused-ring (bicyclic) bond motifs is 1. The van der Waals surface area contributed by atoms with Gasteiger partial charge >= 0.3 is 0 Å². The first-order valence-corrected chi connectivity index (χ1v) is 12.9. The number of ether oxygens (including phenoxy) is 1. The lowest BCUT2D eigenvalue weighted by molar-refractivity contribution is -0.134. The van der Waals surface area contributed by atoms with E-state index in [-0.39, 0.29) is 23.7 Å². The van der Waals surface area contributed by atoms with Gasteiger partial charge in [-0.25, -0.2) is 4.98 Å². The number of aromatic nitrogens is 1. The fraction of sp³-hybridized carbons (Fsp3) is 0.345. The van der Waals surface area contributed by atoms with Crippen LogP contribution in [0.3, 0.4) is 0 Å². The second-order valence-electron chi connectivity index (χ2n) is 10.1. The van der Waals surface area contributed by atoms with E-state index in [4.69, 9.17) is 10.5 Å². The molecule has 0 bridgehead atoms. The minimum atomic E-state index is -0.639. The van der Waals surface area contributed by atoms with Crippen molar-refractivity contribution in [1.82, 2.24) is 15.2 Å². The van der Waals surface area contributed by atoms with Crippen molar-refractivity contribution >= 4 is 17.6 Å². The van der Waals surface area contributed by atoms with E-state index in [0.29, 0.717) is 40.5 Å². The van der Waals surface area contributed by atoms with Crippen molar-refractivity contribution < 1.29 is 18.7 Å². The van der Waals surface area contributed by atoms with Gasteiger partial charge in [0.25, 0.3) is 5.91 Å². The first-order chi connectivity index (χ1) is 18.0. The molecule has 2 fully saturated rings. The second kappa shape index (κ2) is 9.50. The molecule has 0 radical (unpaired) electrons. The first kappa shape index (κ1) is 23.5. The first-order valence-electron chi connectivity index (χ1n) is 12.9. The van der Waals surface area contributed by atoms with E-state index in [2.05, 4.69) is 10.3 Å². The van der Waals surface area contributed by atoms with Gasteiger partial charge in [-0.1, -0.05) is 24.3 Å². The number of nitrogens with two attached hydrogens (primary N) is 1. The normalized spacial score (nSPS) is 17.8. The lowest BCUT2D eigenvalue weighted by atomic mass is 9.94. The third-order valence-corrected chi connectivity index (χ3v) is 7.49. The molecule has 3 aliphatic rings. The highest BCUT2D eigenvalue weighted by atomic mass is 19.1. The summed E-state index contributed by atoms with van der Waals surface area (Å²) in [5.74, 6) is 0.642. The predicted molar refractivity (Wildman–Crippen MR) is 138 cm³/mol. The number of anilines is 1. The molecule has 0 spiro atoms. The van der Waals surface area contributed by atoms with Crippen LogP contribution >= 0.6 is 0 Å². The molecule has 0 unspecified atom stereocenters. The Labute approximate surface area is 214 Å². The van der Waals surface area contributed by atoms with Crippen LogP contribution < -0.4 is 15.8 Å². The van der Waals surface area contributed by atoms with Crippen LogP contribution in [0.5, 0.6) is 5.75 Å². The number of benzene rings is 2. The van der Waals surface area contributed by atoms with Crippen molar-refractivity contribution in [3.8, 4) is 28.0 Å². The number of nitrogen functional groups attached to an aromatic ring is 1. The molecule has 2 aliphatic heterocycles. The van der Waals surface area contributed by atoms with E-state index in [1.165, 1.54) is 0 Å². The Hall–Kier alpha value is -3.94. The molecule has 7 nitrogen and oxygen atoms in total. The fourth-order valence-electron chi connectivity index (χ4n) is 5.22. The summed E-state index contributed by atoms with van der Waals surface area (Å²) in [5.41, 5.74) is 10.1. The highest BCUT2D eigenvalue weighted by Crippen LogP contribution is 2.35. The predicted octanol–water partition coefficient (Wildman–Crippen LogP) is 4.20. The van der Waals surface area contributed by atoms with Crippen LogP contribution in [0.1, 0.15) is 41.6 Å². The Morgan fingerprint density at radius 3 is 2.43 bits per heavy atom. The Balaban J connectivity index is 1.18. The summed E-state index contributed by atoms with van der Waals surface area (Å²) in [6, 6.07) is 14.6. The number of amides is 2. The number of hydrogen-bond acceptors (Lipinski definition) is 5. The van der Waals surface area contributed by atoms with Crippen molar-refractivity contribution in [2.45, 2.75) is 38.2 Å². The molecule has 3 aromatic rings. The smallest absolute Gasteiger partial charge is 0.251 e. The van der Waals surface area contributed by atoms with E-state index in [1.54, 1.807) is 12.1 Å². The molecule has 3 N–H and O–H groups in total. The topological polar surface area (TPSA) is 97.6 Å². The maximum atomic E-state index is 14.9. The Bertz CT molecular complexity index is 1360. The van der Waals surface area contributed by atoms with Crippen LogP contribution in [-0.4, -0.2) is 47.4 Å². The summed E-state index contributed by atoms with van der Waals surface area (Å²) >= 11 is 0. The summed E-state index contributed by atoms with van der Waals surface area (Å²) in [6.07, 6.45) is 4.46. The molecule has 1 aliphatic carbocycles. The van der Waals surface area contributed by atoms with E-state index >= 15 is 0 Å². The van der Waals surface area contributed by atoms with Crippen molar-refractivity contribution in [3.05, 3.63) is 65.6 Å². The molecule has 0 atom stereocenters. The summed E-state index contributed by atoms with van der Waals surface area (Å²) in [5, 5.41) is 2.84. The van der Waals surface area contributed by atoms with E-state index < -0.39 is 5.95 Å². The zero-order chi connectivity index (χ0) is 25.5. The molecule has 2 aromatic carbocycles. The number of rotatable bonds is 5. The molecular formula is C29H29FN4O3. The summed E-state index contributed by atoms with van der Waals surface area (Å²) in [4.78, 5) is 30.3. The largest absolute Gasteiger partial charge is 0.490 e. The van der Waals surface area contributed by atoms with Crippen molar-refractivity contribution in [1.29, 1.82) is 0 Å². The minimum absolute atomic E-state index is 0.0572. The molecule has 190 valence electrons. The van der Waals surface area contributed by atoms with Crippen LogP contribution in [0.15, 0.2) is 48.5 Å². The number of carbonyl (C=O) groups is 2. The molecule has 37 heavy (non-hydrogen) atoms. The number of piperidine rings is 1. The number of nitrogens with zero attached hydrogens (tertiary/aromatic N) is 2. The van der Waals surface area contributed by atoms with Crippen molar-refractivity contribution in [3.63, 3.8) is 0 Å². The van der Waals surface area contributed by atoms with Crippen LogP contribution in [0.4, 0.5) is 10.2 Å². The monoisotopic (exact) mass is 500 g/mol. The summed E-state index contributed by atoms with van der Waals surface area (Å²) in [6.45, 7) is 2.05. The quantitative estimate of drug-likeness (QED) is 0.512. The Kier molecular flexibility index (Phi) is 6.02. The molecule has 1 aromatic heterocycles. The maximum absolute atomic E-state index is 14.9. The number of likely N-dealkylation sites (tertiary alicyclic amines) is 1. The number of pyridine rings is 1. The second-order valence-corrected chi connectivity index (χ2v) is 10.1. The highest BCUT2D eigenvalue weighted by molar-refractivity contribution is 5.97. The molecule has 1 saturated heterocycles. The van der Waals surface area contributed by atoms with Crippen molar-refractivity contribution in [2.75, 3.05) is 25.4 Å². The number of hydrogen-bond donors (Lipinski definition) is 2. The van der Waals surface area contributed by atoms with Crippen molar-refractivity contribution in [2.24, 2.45) is 5.92 Å². The molecule has 3 heterocycles. The molecule has 6 rings (SSSR count). The molecule has 1 saturated carbocycles. The fourth-order valence-corrected chi connectivity index (χ4v) is 5.22. The minimum Gasteiger partial charge on any atom is -0.490 e. The number of halogens is 1. The van der Waals surface area contributed by atoms with Gasteiger partial charge in [-0.05, 0) is 60.2 Å². The number of carbonyl (C=O) groups excluding carboxylic acids is 2. The number of nitrogens with one attached hydrogen (secondary N) is 1. The molecule has 2 amide bonds. The maximum Gasteiger partial charge on any atom is 0.251 e. The lowest BCUT2D eigenvalue weighted by Crippen LogP contribution is -2.42. The highest BCUT2D eigenvalue weighted by Gasteiger charge is 2.35. The van der Waals surface area contributed by atoms with Gasteiger partial charge in [-0.2, -0.15) is 4.39 Å². The zero-order valence-electron chi connectivity index (χ0n) is 20.5. The van der Waals surface area contributed by atoms with E-state index in [0.717, 1.165) is 56.3 Å². The van der Waals surface area contributed by atoms with Gasteiger partial charge < -0.3 is 20.7 Å². The Morgan fingerprint density at radius 2 is 1.70 bits per heavy atom. The van der Waals surface area contributed by atoms with Gasteiger partial charge in [-0.3, -0.25) is 9.59 Å². The van der Waals surface area contributed by atoms with Crippen LogP contribution in [0.25, 0.3) is 22.3 Å². The van der Waals surface area contributed by atoms with Gasteiger partial charge in [0.1, 0.15) is 17.7 Å². The van der Waals surface area contributed by atoms with Gasteiger partial charge in [-0.15, -0.1) is 0 Å². The van der Waals surface area contributed by atoms with Crippen LogP contribution in [0, 0.1) is 11.9 Å². The van der Waals surface area contributed by atoms with Crippen LogP contribution in [0.2, 0.25) is 0 Å². The third kappa shape index (κ3) is 4.75. The van der Waals surface area contributed by atoms with Crippen LogP contribution in [-0.2, 0) is 11.2 Å². The van der Waals surface area contributed by atoms with Gasteiger partial charge in [0.2, 0.25) is 11.9 Å². The Morgan fingerprint density at radius 1 is 0.973 bits per heavy atom. The summed E-state index contributed by atoms with van der Waals surface area (Å²) < 4.78 is 21.0. The van der Waals surface area contributed by atoms with Gasteiger partial charge in [0.05, 0.1) is 0 Å². The third-order valence-electron chi connectivity index (χ3n) is 7.49. The lowest BCUT2D eigenvalue weighted by Gasteiger charge is -2.32.